The van der Waals surface area contributed by atoms with Crippen LogP contribution in [0.15, 0.2) is 65.9 Å². The highest BCUT2D eigenvalue weighted by atomic mass is 16.5. The van der Waals surface area contributed by atoms with Crippen molar-refractivity contribution in [1.82, 2.24) is 10.2 Å². The fourth-order valence-corrected chi connectivity index (χ4v) is 3.82. The Labute approximate surface area is 162 Å². The fourth-order valence-electron chi connectivity index (χ4n) is 3.82. The second kappa shape index (κ2) is 6.56. The van der Waals surface area contributed by atoms with Crippen molar-refractivity contribution in [2.75, 3.05) is 11.9 Å². The molecule has 3 heterocycles. The number of carbonyl (C=O) groups excluding carboxylic acids is 1. The molecule has 6 nitrogen and oxygen atoms in total. The number of rotatable bonds is 4. The van der Waals surface area contributed by atoms with Gasteiger partial charge in [0.25, 0.3) is 0 Å². The van der Waals surface area contributed by atoms with Gasteiger partial charge in [-0.05, 0) is 30.2 Å². The number of esters is 1. The summed E-state index contributed by atoms with van der Waals surface area (Å²) in [5.74, 6) is 1.06. The van der Waals surface area contributed by atoms with Gasteiger partial charge in [-0.3, -0.25) is 5.10 Å². The van der Waals surface area contributed by atoms with Crippen molar-refractivity contribution >= 4 is 11.8 Å². The maximum atomic E-state index is 12.4. The van der Waals surface area contributed by atoms with E-state index in [1.807, 2.05) is 61.5 Å². The Bertz CT molecular complexity index is 1070. The number of aromatic nitrogens is 2. The molecule has 6 heteroatoms. The number of cyclic esters (lactones) is 1. The van der Waals surface area contributed by atoms with Gasteiger partial charge in [-0.15, -0.1) is 0 Å². The van der Waals surface area contributed by atoms with Gasteiger partial charge in [0, 0.05) is 17.2 Å². The monoisotopic (exact) mass is 373 g/mol. The Hall–Kier alpha value is -3.54. The van der Waals surface area contributed by atoms with Crippen molar-refractivity contribution in [2.24, 2.45) is 0 Å². The summed E-state index contributed by atoms with van der Waals surface area (Å²) in [6.07, 6.45) is 0. The average molecular weight is 373 g/mol. The van der Waals surface area contributed by atoms with Crippen LogP contribution >= 0.6 is 0 Å². The lowest BCUT2D eigenvalue weighted by atomic mass is 9.82. The number of hydrogen-bond donors (Lipinski definition) is 2. The molecule has 0 bridgehead atoms. The molecule has 2 aliphatic heterocycles. The Kier molecular flexibility index (Phi) is 3.90. The van der Waals surface area contributed by atoms with Gasteiger partial charge in [0.1, 0.15) is 19.0 Å². The predicted molar refractivity (Wildman–Crippen MR) is 104 cm³/mol. The third kappa shape index (κ3) is 2.74. The lowest BCUT2D eigenvalue weighted by Gasteiger charge is -2.24. The van der Waals surface area contributed by atoms with Crippen LogP contribution in [0.2, 0.25) is 0 Å². The van der Waals surface area contributed by atoms with E-state index >= 15 is 0 Å². The van der Waals surface area contributed by atoms with Gasteiger partial charge in [-0.1, -0.05) is 42.5 Å². The summed E-state index contributed by atoms with van der Waals surface area (Å²) in [4.78, 5) is 12.4. The van der Waals surface area contributed by atoms with Crippen LogP contribution in [0.5, 0.6) is 5.75 Å². The Morgan fingerprint density at radius 2 is 1.93 bits per heavy atom. The molecule has 0 amide bonds. The van der Waals surface area contributed by atoms with Gasteiger partial charge in [-0.25, -0.2) is 4.79 Å². The van der Waals surface area contributed by atoms with Gasteiger partial charge < -0.3 is 14.8 Å². The first kappa shape index (κ1) is 16.6. The minimum Gasteiger partial charge on any atom is -0.489 e. The molecule has 1 atom stereocenters. The second-order valence-corrected chi connectivity index (χ2v) is 6.98. The van der Waals surface area contributed by atoms with E-state index in [-0.39, 0.29) is 18.5 Å². The Balaban J connectivity index is 1.45. The van der Waals surface area contributed by atoms with E-state index in [0.29, 0.717) is 12.2 Å². The zero-order valence-electron chi connectivity index (χ0n) is 15.4. The molecule has 0 aliphatic carbocycles. The SMILES string of the molecule is Cc1[nH]nc2c1[C@@H](c1ccc(OCc3ccccc3)cc1)C1=C(COC1=O)N2. The summed E-state index contributed by atoms with van der Waals surface area (Å²) in [5.41, 5.74) is 5.49. The number of anilines is 1. The van der Waals surface area contributed by atoms with Crippen LogP contribution in [-0.4, -0.2) is 22.8 Å². The molecule has 5 rings (SSSR count). The summed E-state index contributed by atoms with van der Waals surface area (Å²) < 4.78 is 11.2. The molecule has 2 aromatic carbocycles. The van der Waals surface area contributed by atoms with Crippen LogP contribution in [-0.2, 0) is 16.1 Å². The molecule has 2 aliphatic rings. The third-order valence-electron chi connectivity index (χ3n) is 5.20. The molecule has 1 aromatic heterocycles. The average Bonchev–Trinajstić information content (AvgIpc) is 3.29. The van der Waals surface area contributed by atoms with Crippen molar-refractivity contribution in [1.29, 1.82) is 0 Å². The topological polar surface area (TPSA) is 76.2 Å². The molecular formula is C22H19N3O3. The maximum Gasteiger partial charge on any atom is 0.337 e. The van der Waals surface area contributed by atoms with Crippen LogP contribution in [0.25, 0.3) is 0 Å². The second-order valence-electron chi connectivity index (χ2n) is 6.98. The molecule has 28 heavy (non-hydrogen) atoms. The van der Waals surface area contributed by atoms with Gasteiger partial charge in [0.2, 0.25) is 0 Å². The fraction of sp³-hybridized carbons (Fsp3) is 0.182. The first-order valence-electron chi connectivity index (χ1n) is 9.19. The van der Waals surface area contributed by atoms with Gasteiger partial charge in [-0.2, -0.15) is 5.10 Å². The number of fused-ring (bicyclic) bond motifs is 1. The lowest BCUT2D eigenvalue weighted by Crippen LogP contribution is -2.19. The summed E-state index contributed by atoms with van der Waals surface area (Å²) in [7, 11) is 0. The number of aromatic amines is 1. The number of hydrogen-bond acceptors (Lipinski definition) is 5. The molecular weight excluding hydrogens is 354 g/mol. The van der Waals surface area contributed by atoms with Gasteiger partial charge in [0.05, 0.1) is 11.3 Å². The quantitative estimate of drug-likeness (QED) is 0.683. The molecule has 0 saturated heterocycles. The summed E-state index contributed by atoms with van der Waals surface area (Å²) in [6.45, 7) is 2.73. The highest BCUT2D eigenvalue weighted by molar-refractivity contribution is 5.97. The molecule has 0 saturated carbocycles. The largest absolute Gasteiger partial charge is 0.489 e. The minimum atomic E-state index is -0.275. The smallest absolute Gasteiger partial charge is 0.337 e. The highest BCUT2D eigenvalue weighted by Gasteiger charge is 2.40. The summed E-state index contributed by atoms with van der Waals surface area (Å²) in [6, 6.07) is 17.9. The number of benzene rings is 2. The molecule has 0 radical (unpaired) electrons. The van der Waals surface area contributed by atoms with Crippen LogP contribution in [0.3, 0.4) is 0 Å². The zero-order valence-corrected chi connectivity index (χ0v) is 15.4. The molecule has 0 spiro atoms. The van der Waals surface area contributed by atoms with E-state index in [0.717, 1.165) is 39.6 Å². The molecule has 0 fully saturated rings. The Morgan fingerprint density at radius 3 is 2.71 bits per heavy atom. The molecule has 140 valence electrons. The van der Waals surface area contributed by atoms with E-state index < -0.39 is 0 Å². The molecule has 3 aromatic rings. The maximum absolute atomic E-state index is 12.4. The number of nitrogens with zero attached hydrogens (tertiary/aromatic N) is 1. The molecule has 2 N–H and O–H groups in total. The zero-order chi connectivity index (χ0) is 19.1. The van der Waals surface area contributed by atoms with Crippen LogP contribution < -0.4 is 10.1 Å². The van der Waals surface area contributed by atoms with E-state index in [4.69, 9.17) is 9.47 Å². The summed E-state index contributed by atoms with van der Waals surface area (Å²) >= 11 is 0. The standard InChI is InChI=1S/C22H19N3O3/c1-13-18-19(20-17(12-28-22(20)26)23-21(18)25-24-13)15-7-9-16(10-8-15)27-11-14-5-3-2-4-6-14/h2-10,19H,11-12H2,1H3,(H2,23,24,25)/t19-/m1/s1. The number of nitrogens with one attached hydrogen (secondary N) is 2. The third-order valence-corrected chi connectivity index (χ3v) is 5.20. The van der Waals surface area contributed by atoms with Crippen LogP contribution in [0.1, 0.15) is 28.3 Å². The van der Waals surface area contributed by atoms with Gasteiger partial charge >= 0.3 is 5.97 Å². The minimum absolute atomic E-state index is 0.205. The summed E-state index contributed by atoms with van der Waals surface area (Å²) in [5, 5.41) is 10.6. The normalized spacial score (nSPS) is 17.6. The number of H-pyrrole nitrogens is 1. The highest BCUT2D eigenvalue weighted by Crippen LogP contribution is 2.44. The number of aryl methyl sites for hydroxylation is 1. The first-order valence-corrected chi connectivity index (χ1v) is 9.19. The van der Waals surface area contributed by atoms with Gasteiger partial charge in [0.15, 0.2) is 5.82 Å². The van der Waals surface area contributed by atoms with E-state index in [2.05, 4.69) is 15.5 Å². The van der Waals surface area contributed by atoms with Crippen molar-refractivity contribution in [3.05, 3.63) is 88.3 Å². The lowest BCUT2D eigenvalue weighted by molar-refractivity contribution is -0.136. The van der Waals surface area contributed by atoms with Crippen molar-refractivity contribution in [3.63, 3.8) is 0 Å². The Morgan fingerprint density at radius 1 is 1.14 bits per heavy atom. The molecule has 0 unspecified atom stereocenters. The van der Waals surface area contributed by atoms with Crippen LogP contribution in [0, 0.1) is 6.92 Å². The van der Waals surface area contributed by atoms with Crippen molar-refractivity contribution in [3.8, 4) is 5.75 Å². The predicted octanol–water partition coefficient (Wildman–Crippen LogP) is 3.67. The number of carbonyl (C=O) groups is 1. The van der Waals surface area contributed by atoms with E-state index in [9.17, 15) is 4.79 Å². The van der Waals surface area contributed by atoms with Crippen LogP contribution in [0.4, 0.5) is 5.82 Å². The van der Waals surface area contributed by atoms with E-state index in [1.165, 1.54) is 0 Å². The number of ether oxygens (including phenoxy) is 2. The van der Waals surface area contributed by atoms with Crippen molar-refractivity contribution in [2.45, 2.75) is 19.4 Å². The van der Waals surface area contributed by atoms with Crippen molar-refractivity contribution < 1.29 is 14.3 Å². The van der Waals surface area contributed by atoms with E-state index in [1.54, 1.807) is 0 Å². The first-order chi connectivity index (χ1) is 13.7.